The Hall–Kier alpha value is -5.35. The van der Waals surface area contributed by atoms with Gasteiger partial charge in [0.25, 0.3) is 0 Å². The Balaban J connectivity index is 1.09. The largest absolute Gasteiger partial charge is 0.378 e. The van der Waals surface area contributed by atoms with Crippen LogP contribution in [-0.4, -0.2) is 71.1 Å². The molecule has 0 spiro atoms. The van der Waals surface area contributed by atoms with Crippen LogP contribution in [0.15, 0.2) is 91.3 Å². The molecule has 46 heavy (non-hydrogen) atoms. The number of anilines is 3. The van der Waals surface area contributed by atoms with Crippen molar-refractivity contribution in [1.29, 1.82) is 0 Å². The van der Waals surface area contributed by atoms with E-state index < -0.39 is 0 Å². The van der Waals surface area contributed by atoms with Crippen molar-refractivity contribution in [3.63, 3.8) is 0 Å². The molecule has 3 N–H and O–H groups in total. The van der Waals surface area contributed by atoms with Crippen molar-refractivity contribution in [2.45, 2.75) is 19.8 Å². The van der Waals surface area contributed by atoms with Crippen molar-refractivity contribution in [2.24, 2.45) is 0 Å². The van der Waals surface area contributed by atoms with Gasteiger partial charge in [0.1, 0.15) is 5.82 Å². The van der Waals surface area contributed by atoms with Crippen LogP contribution < -0.4 is 16.0 Å². The second-order valence-corrected chi connectivity index (χ2v) is 11.4. The van der Waals surface area contributed by atoms with Crippen molar-refractivity contribution in [1.82, 2.24) is 19.9 Å². The molecule has 6 rings (SSSR count). The molecule has 2 aliphatic heterocycles. The SMILES string of the molecule is C/C(=C/C(=O)Nc1ccc(CC(=O)N2CC=C(c3cc(-c4cnc(N)nc4)nc(N4CCOCC4)c3)CC2)cc1)c1ccccc1. The fourth-order valence-electron chi connectivity index (χ4n) is 5.58. The summed E-state index contributed by atoms with van der Waals surface area (Å²) in [5, 5.41) is 2.90. The number of carbonyl (C=O) groups is 2. The van der Waals surface area contributed by atoms with Gasteiger partial charge in [-0.25, -0.2) is 15.0 Å². The van der Waals surface area contributed by atoms with Gasteiger partial charge in [-0.1, -0.05) is 48.5 Å². The summed E-state index contributed by atoms with van der Waals surface area (Å²) in [6, 6.07) is 21.4. The highest BCUT2D eigenvalue weighted by Crippen LogP contribution is 2.30. The topological polar surface area (TPSA) is 127 Å². The van der Waals surface area contributed by atoms with E-state index in [1.807, 2.05) is 66.4 Å². The number of rotatable bonds is 8. The molecule has 2 aromatic carbocycles. The van der Waals surface area contributed by atoms with Gasteiger partial charge < -0.3 is 25.6 Å². The van der Waals surface area contributed by atoms with Gasteiger partial charge in [-0.15, -0.1) is 0 Å². The van der Waals surface area contributed by atoms with Crippen LogP contribution in [0.25, 0.3) is 22.4 Å². The van der Waals surface area contributed by atoms with Crippen LogP contribution in [0.4, 0.5) is 17.5 Å². The third-order valence-electron chi connectivity index (χ3n) is 8.20. The minimum absolute atomic E-state index is 0.0666. The van der Waals surface area contributed by atoms with E-state index in [4.69, 9.17) is 15.5 Å². The molecule has 234 valence electrons. The number of benzene rings is 2. The number of nitrogens with one attached hydrogen (secondary N) is 1. The zero-order valence-corrected chi connectivity index (χ0v) is 25.9. The van der Waals surface area contributed by atoms with Gasteiger partial charge in [-0.3, -0.25) is 9.59 Å². The third kappa shape index (κ3) is 7.65. The molecule has 10 nitrogen and oxygen atoms in total. The maximum Gasteiger partial charge on any atom is 0.248 e. The number of allylic oxidation sites excluding steroid dienone is 1. The number of morpholine rings is 1. The highest BCUT2D eigenvalue weighted by Gasteiger charge is 2.21. The minimum atomic E-state index is -0.193. The Labute approximate surface area is 268 Å². The summed E-state index contributed by atoms with van der Waals surface area (Å²) in [6.45, 7) is 5.94. The zero-order valence-electron chi connectivity index (χ0n) is 25.9. The molecular formula is C36H37N7O3. The standard InChI is InChI=1S/C36H37N7O3/c1-25(27-5-3-2-4-6-27)19-34(44)40-31-9-7-26(8-10-31)20-35(45)43-13-11-28(12-14-43)29-21-32(30-23-38-36(37)39-24-30)41-33(22-29)42-15-17-46-18-16-42/h2-11,19,21-24H,12-18,20H2,1H3,(H,40,44)(H2,37,38,39)/b25-19-. The van der Waals surface area contributed by atoms with Crippen molar-refractivity contribution in [2.75, 3.05) is 55.3 Å². The van der Waals surface area contributed by atoms with Gasteiger partial charge >= 0.3 is 0 Å². The Morgan fingerprint density at radius 1 is 0.957 bits per heavy atom. The maximum absolute atomic E-state index is 13.2. The molecule has 4 heterocycles. The lowest BCUT2D eigenvalue weighted by Crippen LogP contribution is -2.37. The number of aromatic nitrogens is 3. The number of nitrogen functional groups attached to an aromatic ring is 1. The van der Waals surface area contributed by atoms with Crippen LogP contribution in [0.1, 0.15) is 30.0 Å². The number of nitrogens with two attached hydrogens (primary N) is 1. The van der Waals surface area contributed by atoms with Gasteiger partial charge in [0.05, 0.1) is 25.3 Å². The first-order valence-electron chi connectivity index (χ1n) is 15.4. The van der Waals surface area contributed by atoms with Crippen LogP contribution in [0.3, 0.4) is 0 Å². The fourth-order valence-corrected chi connectivity index (χ4v) is 5.58. The van der Waals surface area contributed by atoms with Crippen LogP contribution in [0.5, 0.6) is 0 Å². The number of ether oxygens (including phenoxy) is 1. The Kier molecular flexibility index (Phi) is 9.45. The highest BCUT2D eigenvalue weighted by molar-refractivity contribution is 6.03. The van der Waals surface area contributed by atoms with Crippen LogP contribution in [0.2, 0.25) is 0 Å². The Bertz CT molecular complexity index is 1750. The molecule has 2 aromatic heterocycles. The Morgan fingerprint density at radius 2 is 1.70 bits per heavy atom. The van der Waals surface area contributed by atoms with Crippen LogP contribution in [-0.2, 0) is 20.7 Å². The molecule has 10 heteroatoms. The first-order valence-corrected chi connectivity index (χ1v) is 15.4. The van der Waals surface area contributed by atoms with Crippen LogP contribution in [0, 0.1) is 0 Å². The van der Waals surface area contributed by atoms with Crippen LogP contribution >= 0.6 is 0 Å². The summed E-state index contributed by atoms with van der Waals surface area (Å²) in [7, 11) is 0. The second kappa shape index (κ2) is 14.2. The number of hydrogen-bond acceptors (Lipinski definition) is 8. The van der Waals surface area contributed by atoms with Gasteiger partial charge in [0.2, 0.25) is 17.8 Å². The predicted octanol–water partition coefficient (Wildman–Crippen LogP) is 4.86. The third-order valence-corrected chi connectivity index (χ3v) is 8.20. The molecule has 0 unspecified atom stereocenters. The van der Waals surface area contributed by atoms with E-state index in [0.29, 0.717) is 38.4 Å². The maximum atomic E-state index is 13.2. The van der Waals surface area contributed by atoms with E-state index in [0.717, 1.165) is 58.8 Å². The monoisotopic (exact) mass is 615 g/mol. The lowest BCUT2D eigenvalue weighted by Gasteiger charge is -2.30. The summed E-state index contributed by atoms with van der Waals surface area (Å²) in [4.78, 5) is 43.1. The van der Waals surface area contributed by atoms with E-state index in [-0.39, 0.29) is 17.8 Å². The van der Waals surface area contributed by atoms with Gasteiger partial charge in [-0.2, -0.15) is 0 Å². The van der Waals surface area contributed by atoms with Gasteiger partial charge in [0.15, 0.2) is 0 Å². The molecule has 0 saturated carbocycles. The second-order valence-electron chi connectivity index (χ2n) is 11.4. The van der Waals surface area contributed by atoms with Crippen molar-refractivity contribution < 1.29 is 14.3 Å². The quantitative estimate of drug-likeness (QED) is 0.269. The number of nitrogens with zero attached hydrogens (tertiary/aromatic N) is 5. The average Bonchev–Trinajstić information content (AvgIpc) is 3.10. The first-order chi connectivity index (χ1) is 22.4. The molecule has 0 atom stereocenters. The molecule has 1 fully saturated rings. The van der Waals surface area contributed by atoms with Crippen molar-refractivity contribution in [3.8, 4) is 11.3 Å². The van der Waals surface area contributed by atoms with Crippen molar-refractivity contribution >= 4 is 40.4 Å². The number of amides is 2. The predicted molar refractivity (Wildman–Crippen MR) is 181 cm³/mol. The normalized spacial score (nSPS) is 15.3. The summed E-state index contributed by atoms with van der Waals surface area (Å²) < 4.78 is 5.55. The first kappa shape index (κ1) is 30.7. The number of carbonyl (C=O) groups excluding carboxylic acids is 2. The highest BCUT2D eigenvalue weighted by atomic mass is 16.5. The van der Waals surface area contributed by atoms with Gasteiger partial charge in [0, 0.05) is 55.9 Å². The van der Waals surface area contributed by atoms with E-state index >= 15 is 0 Å². The molecular weight excluding hydrogens is 578 g/mol. The summed E-state index contributed by atoms with van der Waals surface area (Å²) in [6.07, 6.45) is 8.13. The average molecular weight is 616 g/mol. The molecule has 2 amide bonds. The number of hydrogen-bond donors (Lipinski definition) is 2. The zero-order chi connectivity index (χ0) is 31.9. The van der Waals surface area contributed by atoms with E-state index in [1.165, 1.54) is 5.57 Å². The smallest absolute Gasteiger partial charge is 0.248 e. The molecule has 0 radical (unpaired) electrons. The Morgan fingerprint density at radius 3 is 2.39 bits per heavy atom. The lowest BCUT2D eigenvalue weighted by atomic mass is 9.98. The molecule has 0 aliphatic carbocycles. The summed E-state index contributed by atoms with van der Waals surface area (Å²) >= 11 is 0. The molecule has 4 aromatic rings. The minimum Gasteiger partial charge on any atom is -0.378 e. The summed E-state index contributed by atoms with van der Waals surface area (Å²) in [5.74, 6) is 0.977. The fraction of sp³-hybridized carbons (Fsp3) is 0.250. The summed E-state index contributed by atoms with van der Waals surface area (Å²) in [5.41, 5.74) is 13.0. The van der Waals surface area contributed by atoms with E-state index in [1.54, 1.807) is 18.5 Å². The molecule has 2 aliphatic rings. The van der Waals surface area contributed by atoms with Crippen molar-refractivity contribution in [3.05, 3.63) is 108 Å². The van der Waals surface area contributed by atoms with E-state index in [9.17, 15) is 9.59 Å². The van der Waals surface area contributed by atoms with Gasteiger partial charge in [-0.05, 0) is 65.4 Å². The van der Waals surface area contributed by atoms with E-state index in [2.05, 4.69) is 38.4 Å². The lowest BCUT2D eigenvalue weighted by molar-refractivity contribution is -0.130. The molecule has 0 bridgehead atoms. The molecule has 1 saturated heterocycles. The number of pyridine rings is 1.